The van der Waals surface area contributed by atoms with Crippen LogP contribution in [0.2, 0.25) is 0 Å². The molecule has 0 bridgehead atoms. The van der Waals surface area contributed by atoms with Gasteiger partial charge in [-0.05, 0) is 56.9 Å². The summed E-state index contributed by atoms with van der Waals surface area (Å²) < 4.78 is 29.3. The fourth-order valence-electron chi connectivity index (χ4n) is 3.36. The first-order chi connectivity index (χ1) is 9.55. The minimum atomic E-state index is -3.30. The summed E-state index contributed by atoms with van der Waals surface area (Å²) in [6.07, 6.45) is 7.26. The topological polar surface area (TPSA) is 75.4 Å². The molecule has 1 aliphatic carbocycles. The van der Waals surface area contributed by atoms with Crippen molar-refractivity contribution in [3.8, 4) is 0 Å². The lowest BCUT2D eigenvalue weighted by Crippen LogP contribution is -2.49. The first-order valence-electron chi connectivity index (χ1n) is 8.02. The van der Waals surface area contributed by atoms with Crippen molar-refractivity contribution in [2.75, 3.05) is 19.6 Å². The minimum absolute atomic E-state index is 0.134. The Morgan fingerprint density at radius 3 is 2.15 bits per heavy atom. The molecule has 0 aromatic heterocycles. The third kappa shape index (κ3) is 4.16. The van der Waals surface area contributed by atoms with Gasteiger partial charge >= 0.3 is 0 Å². The molecule has 118 valence electrons. The standard InChI is InChI=1S/C14H29N3O2S/c1-2-12-3-5-14(6-4-12)16-20(18,19)17-9-7-13(11-15)8-10-17/h12-14,16H,2-11,15H2,1H3. The van der Waals surface area contributed by atoms with Gasteiger partial charge in [0.25, 0.3) is 10.2 Å². The van der Waals surface area contributed by atoms with Gasteiger partial charge in [-0.25, -0.2) is 0 Å². The Morgan fingerprint density at radius 2 is 1.65 bits per heavy atom. The van der Waals surface area contributed by atoms with Crippen LogP contribution in [-0.2, 0) is 10.2 Å². The second-order valence-corrected chi connectivity index (χ2v) is 8.03. The molecule has 0 aromatic rings. The normalized spacial score (nSPS) is 30.5. The van der Waals surface area contributed by atoms with Crippen molar-refractivity contribution < 1.29 is 8.42 Å². The van der Waals surface area contributed by atoms with Crippen LogP contribution in [0, 0.1) is 11.8 Å². The van der Waals surface area contributed by atoms with E-state index >= 15 is 0 Å². The highest BCUT2D eigenvalue weighted by atomic mass is 32.2. The first kappa shape index (κ1) is 16.2. The zero-order valence-corrected chi connectivity index (χ0v) is 13.4. The molecule has 1 saturated carbocycles. The van der Waals surface area contributed by atoms with Gasteiger partial charge in [0.05, 0.1) is 0 Å². The zero-order valence-electron chi connectivity index (χ0n) is 12.6. The molecule has 0 unspecified atom stereocenters. The summed E-state index contributed by atoms with van der Waals surface area (Å²) in [6.45, 7) is 4.11. The predicted octanol–water partition coefficient (Wildman–Crippen LogP) is 1.46. The molecule has 0 atom stereocenters. The van der Waals surface area contributed by atoms with Crippen molar-refractivity contribution in [2.45, 2.75) is 57.9 Å². The van der Waals surface area contributed by atoms with E-state index in [2.05, 4.69) is 11.6 Å². The Labute approximate surface area is 123 Å². The Balaban J connectivity index is 1.82. The lowest BCUT2D eigenvalue weighted by molar-refractivity contribution is 0.265. The minimum Gasteiger partial charge on any atom is -0.330 e. The summed E-state index contributed by atoms with van der Waals surface area (Å²) in [5, 5.41) is 0. The molecule has 3 N–H and O–H groups in total. The average molecular weight is 303 g/mol. The highest BCUT2D eigenvalue weighted by Gasteiger charge is 2.30. The summed E-state index contributed by atoms with van der Waals surface area (Å²) >= 11 is 0. The molecule has 6 heteroatoms. The fraction of sp³-hybridized carbons (Fsp3) is 1.00. The zero-order chi connectivity index (χ0) is 14.6. The van der Waals surface area contributed by atoms with Crippen LogP contribution in [-0.4, -0.2) is 38.4 Å². The van der Waals surface area contributed by atoms with E-state index in [1.54, 1.807) is 4.31 Å². The van der Waals surface area contributed by atoms with Crippen LogP contribution < -0.4 is 10.5 Å². The molecule has 2 aliphatic rings. The van der Waals surface area contributed by atoms with Gasteiger partial charge in [0, 0.05) is 19.1 Å². The van der Waals surface area contributed by atoms with E-state index in [1.807, 2.05) is 0 Å². The second kappa shape index (κ2) is 7.20. The lowest BCUT2D eigenvalue weighted by atomic mass is 9.85. The van der Waals surface area contributed by atoms with E-state index in [9.17, 15) is 8.42 Å². The van der Waals surface area contributed by atoms with Crippen molar-refractivity contribution in [3.05, 3.63) is 0 Å². The van der Waals surface area contributed by atoms with Gasteiger partial charge in [-0.15, -0.1) is 0 Å². The van der Waals surface area contributed by atoms with Crippen molar-refractivity contribution in [1.82, 2.24) is 9.03 Å². The number of hydrogen-bond donors (Lipinski definition) is 2. The van der Waals surface area contributed by atoms with Crippen LogP contribution in [0.4, 0.5) is 0 Å². The van der Waals surface area contributed by atoms with Crippen molar-refractivity contribution in [2.24, 2.45) is 17.6 Å². The maximum absolute atomic E-state index is 12.4. The molecule has 5 nitrogen and oxygen atoms in total. The van der Waals surface area contributed by atoms with E-state index in [1.165, 1.54) is 6.42 Å². The Kier molecular flexibility index (Phi) is 5.84. The number of rotatable bonds is 5. The van der Waals surface area contributed by atoms with Crippen LogP contribution in [0.3, 0.4) is 0 Å². The molecular formula is C14H29N3O2S. The predicted molar refractivity (Wildman–Crippen MR) is 81.4 cm³/mol. The molecule has 20 heavy (non-hydrogen) atoms. The largest absolute Gasteiger partial charge is 0.330 e. The Hall–Kier alpha value is -0.170. The molecule has 2 fully saturated rings. The van der Waals surface area contributed by atoms with E-state index in [0.717, 1.165) is 44.4 Å². The molecule has 1 aliphatic heterocycles. The maximum Gasteiger partial charge on any atom is 0.279 e. The third-order valence-corrected chi connectivity index (χ3v) is 6.66. The number of nitrogens with zero attached hydrogens (tertiary/aromatic N) is 1. The summed E-state index contributed by atoms with van der Waals surface area (Å²) in [5.74, 6) is 1.28. The number of hydrogen-bond acceptors (Lipinski definition) is 3. The molecule has 1 heterocycles. The van der Waals surface area contributed by atoms with Crippen molar-refractivity contribution >= 4 is 10.2 Å². The molecule has 0 amide bonds. The smallest absolute Gasteiger partial charge is 0.279 e. The van der Waals surface area contributed by atoms with Gasteiger partial charge < -0.3 is 5.73 Å². The summed E-state index contributed by atoms with van der Waals surface area (Å²) in [4.78, 5) is 0. The van der Waals surface area contributed by atoms with Gasteiger partial charge in [0.2, 0.25) is 0 Å². The molecule has 2 rings (SSSR count). The monoisotopic (exact) mass is 303 g/mol. The number of nitrogens with two attached hydrogens (primary N) is 1. The lowest BCUT2D eigenvalue weighted by Gasteiger charge is -2.34. The van der Waals surface area contributed by atoms with Gasteiger partial charge in [-0.3, -0.25) is 0 Å². The second-order valence-electron chi connectivity index (χ2n) is 6.33. The van der Waals surface area contributed by atoms with Gasteiger partial charge in [-0.2, -0.15) is 17.4 Å². The highest BCUT2D eigenvalue weighted by Crippen LogP contribution is 2.27. The van der Waals surface area contributed by atoms with Gasteiger partial charge in [0.1, 0.15) is 0 Å². The Bertz CT molecular complexity index is 383. The molecule has 0 aromatic carbocycles. The quantitative estimate of drug-likeness (QED) is 0.807. The van der Waals surface area contributed by atoms with E-state index in [4.69, 9.17) is 5.73 Å². The molecular weight excluding hydrogens is 274 g/mol. The van der Waals surface area contributed by atoms with Gasteiger partial charge in [-0.1, -0.05) is 13.3 Å². The molecule has 0 radical (unpaired) electrons. The van der Waals surface area contributed by atoms with Crippen LogP contribution in [0.1, 0.15) is 51.9 Å². The van der Waals surface area contributed by atoms with Crippen molar-refractivity contribution in [1.29, 1.82) is 0 Å². The molecule has 1 saturated heterocycles. The van der Waals surface area contributed by atoms with Crippen LogP contribution in [0.15, 0.2) is 0 Å². The summed E-state index contributed by atoms with van der Waals surface area (Å²) in [6, 6.07) is 0.134. The maximum atomic E-state index is 12.4. The van der Waals surface area contributed by atoms with E-state index in [-0.39, 0.29) is 6.04 Å². The SMILES string of the molecule is CCC1CCC(NS(=O)(=O)N2CCC(CN)CC2)CC1. The molecule has 0 spiro atoms. The summed E-state index contributed by atoms with van der Waals surface area (Å²) in [7, 11) is -3.30. The Morgan fingerprint density at radius 1 is 1.05 bits per heavy atom. The van der Waals surface area contributed by atoms with Crippen LogP contribution >= 0.6 is 0 Å². The average Bonchev–Trinajstić information content (AvgIpc) is 2.48. The summed E-state index contributed by atoms with van der Waals surface area (Å²) in [5.41, 5.74) is 5.65. The number of nitrogens with one attached hydrogen (secondary N) is 1. The highest BCUT2D eigenvalue weighted by molar-refractivity contribution is 7.87. The first-order valence-corrected chi connectivity index (χ1v) is 9.46. The fourth-order valence-corrected chi connectivity index (χ4v) is 4.86. The van der Waals surface area contributed by atoms with Crippen LogP contribution in [0.25, 0.3) is 0 Å². The third-order valence-electron chi connectivity index (χ3n) is 4.99. The van der Waals surface area contributed by atoms with Crippen LogP contribution in [0.5, 0.6) is 0 Å². The van der Waals surface area contributed by atoms with E-state index < -0.39 is 10.2 Å². The van der Waals surface area contributed by atoms with E-state index in [0.29, 0.717) is 25.6 Å². The number of piperidine rings is 1. The van der Waals surface area contributed by atoms with Crippen molar-refractivity contribution in [3.63, 3.8) is 0 Å². The van der Waals surface area contributed by atoms with Gasteiger partial charge in [0.15, 0.2) is 0 Å².